The van der Waals surface area contributed by atoms with Gasteiger partial charge in [-0.3, -0.25) is 0 Å². The minimum absolute atomic E-state index is 0.808. The van der Waals surface area contributed by atoms with Crippen molar-refractivity contribution in [3.8, 4) is 11.4 Å². The summed E-state index contributed by atoms with van der Waals surface area (Å²) in [6.45, 7) is 0. The van der Waals surface area contributed by atoms with E-state index in [4.69, 9.17) is 0 Å². The van der Waals surface area contributed by atoms with E-state index in [1.807, 2.05) is 24.3 Å². The third kappa shape index (κ3) is 1.59. The van der Waals surface area contributed by atoms with Gasteiger partial charge in [0, 0.05) is 10.0 Å². The average Bonchev–Trinajstić information content (AvgIpc) is 2.73. The molecule has 0 aliphatic carbocycles. The van der Waals surface area contributed by atoms with Crippen LogP contribution in [0.5, 0.6) is 0 Å². The fourth-order valence-electron chi connectivity index (χ4n) is 1.55. The summed E-state index contributed by atoms with van der Waals surface area (Å²) in [5, 5.41) is 7.57. The van der Waals surface area contributed by atoms with E-state index in [1.165, 1.54) is 0 Å². The summed E-state index contributed by atoms with van der Waals surface area (Å²) < 4.78 is 1.03. The van der Waals surface area contributed by atoms with Crippen LogP contribution >= 0.6 is 15.9 Å². The summed E-state index contributed by atoms with van der Waals surface area (Å²) in [6.07, 6.45) is 3.34. The number of nitrogens with one attached hydrogen (secondary N) is 1. The molecule has 5 heteroatoms. The average molecular weight is 275 g/mol. The Bertz CT molecular complexity index is 633. The van der Waals surface area contributed by atoms with Crippen molar-refractivity contribution < 1.29 is 0 Å². The minimum Gasteiger partial charge on any atom is -0.338 e. The van der Waals surface area contributed by atoms with Gasteiger partial charge in [0.1, 0.15) is 5.82 Å². The van der Waals surface area contributed by atoms with Gasteiger partial charge in [-0.05, 0) is 24.3 Å². The smallest absolute Gasteiger partial charge is 0.140 e. The Labute approximate surface area is 99.9 Å². The van der Waals surface area contributed by atoms with Gasteiger partial charge in [-0.25, -0.2) is 4.98 Å². The third-order valence-corrected chi connectivity index (χ3v) is 2.79. The molecule has 0 bridgehead atoms. The van der Waals surface area contributed by atoms with E-state index >= 15 is 0 Å². The van der Waals surface area contributed by atoms with Gasteiger partial charge in [0.15, 0.2) is 0 Å². The zero-order chi connectivity index (χ0) is 11.0. The van der Waals surface area contributed by atoms with Crippen molar-refractivity contribution in [3.63, 3.8) is 0 Å². The fourth-order valence-corrected chi connectivity index (χ4v) is 1.91. The van der Waals surface area contributed by atoms with E-state index < -0.39 is 0 Å². The lowest BCUT2D eigenvalue weighted by atomic mass is 10.3. The first kappa shape index (κ1) is 9.47. The van der Waals surface area contributed by atoms with Crippen molar-refractivity contribution in [2.24, 2.45) is 0 Å². The molecule has 0 aliphatic heterocycles. The third-order valence-electron chi connectivity index (χ3n) is 2.30. The maximum Gasteiger partial charge on any atom is 0.140 e. The van der Waals surface area contributed by atoms with Gasteiger partial charge < -0.3 is 4.98 Å². The second-order valence-electron chi connectivity index (χ2n) is 3.38. The number of nitrogens with zero attached hydrogens (tertiary/aromatic N) is 3. The van der Waals surface area contributed by atoms with Crippen LogP contribution in [-0.4, -0.2) is 20.2 Å². The normalized spacial score (nSPS) is 10.8. The molecule has 78 valence electrons. The first-order valence-electron chi connectivity index (χ1n) is 4.75. The number of hydrogen-bond acceptors (Lipinski definition) is 3. The monoisotopic (exact) mass is 274 g/mol. The molecule has 0 saturated heterocycles. The summed E-state index contributed by atoms with van der Waals surface area (Å²) >= 11 is 3.43. The van der Waals surface area contributed by atoms with Gasteiger partial charge in [-0.1, -0.05) is 15.9 Å². The Morgan fingerprint density at radius 3 is 2.88 bits per heavy atom. The Kier molecular flexibility index (Phi) is 2.18. The van der Waals surface area contributed by atoms with Gasteiger partial charge in [-0.2, -0.15) is 10.2 Å². The van der Waals surface area contributed by atoms with Gasteiger partial charge in [0.2, 0.25) is 0 Å². The molecule has 1 aromatic carbocycles. The van der Waals surface area contributed by atoms with Crippen LogP contribution in [0.25, 0.3) is 22.4 Å². The molecule has 4 nitrogen and oxygen atoms in total. The summed E-state index contributed by atoms with van der Waals surface area (Å²) in [4.78, 5) is 7.72. The summed E-state index contributed by atoms with van der Waals surface area (Å²) in [5.74, 6) is 0.808. The van der Waals surface area contributed by atoms with Crippen LogP contribution < -0.4 is 0 Å². The van der Waals surface area contributed by atoms with Crippen molar-refractivity contribution in [2.75, 3.05) is 0 Å². The predicted molar refractivity (Wildman–Crippen MR) is 64.8 cm³/mol. The van der Waals surface area contributed by atoms with Crippen molar-refractivity contribution in [1.29, 1.82) is 0 Å². The molecule has 2 heterocycles. The van der Waals surface area contributed by atoms with E-state index in [0.717, 1.165) is 26.9 Å². The van der Waals surface area contributed by atoms with E-state index in [-0.39, 0.29) is 0 Å². The highest BCUT2D eigenvalue weighted by atomic mass is 79.9. The Morgan fingerprint density at radius 1 is 1.12 bits per heavy atom. The molecule has 3 rings (SSSR count). The van der Waals surface area contributed by atoms with Crippen LogP contribution in [0.15, 0.2) is 41.1 Å². The van der Waals surface area contributed by atoms with Crippen LogP contribution in [0.1, 0.15) is 0 Å². The minimum atomic E-state index is 0.808. The number of fused-ring (bicyclic) bond motifs is 1. The van der Waals surface area contributed by atoms with Crippen molar-refractivity contribution in [1.82, 2.24) is 20.2 Å². The fraction of sp³-hybridized carbons (Fsp3) is 0. The summed E-state index contributed by atoms with van der Waals surface area (Å²) in [6, 6.07) is 7.81. The maximum absolute atomic E-state index is 4.48. The molecule has 3 aromatic rings. The summed E-state index contributed by atoms with van der Waals surface area (Å²) in [5.41, 5.74) is 2.87. The second kappa shape index (κ2) is 3.68. The van der Waals surface area contributed by atoms with Crippen LogP contribution in [0.4, 0.5) is 0 Å². The van der Waals surface area contributed by atoms with Crippen LogP contribution in [0, 0.1) is 0 Å². The van der Waals surface area contributed by atoms with Crippen molar-refractivity contribution in [2.45, 2.75) is 0 Å². The number of imidazole rings is 1. The summed E-state index contributed by atoms with van der Waals surface area (Å²) in [7, 11) is 0. The molecule has 0 saturated carbocycles. The highest BCUT2D eigenvalue weighted by molar-refractivity contribution is 9.10. The topological polar surface area (TPSA) is 54.5 Å². The highest BCUT2D eigenvalue weighted by Gasteiger charge is 2.05. The largest absolute Gasteiger partial charge is 0.338 e. The number of rotatable bonds is 1. The Morgan fingerprint density at radius 2 is 2.06 bits per heavy atom. The zero-order valence-corrected chi connectivity index (χ0v) is 9.77. The van der Waals surface area contributed by atoms with E-state index in [9.17, 15) is 0 Å². The molecule has 0 radical (unpaired) electrons. The molecular formula is C11H7BrN4. The predicted octanol–water partition coefficient (Wildman–Crippen LogP) is 2.78. The SMILES string of the molecule is Brc1ccc2nc(-c3ccnnc3)[nH]c2c1. The molecular weight excluding hydrogens is 268 g/mol. The van der Waals surface area contributed by atoms with E-state index in [1.54, 1.807) is 12.4 Å². The van der Waals surface area contributed by atoms with Gasteiger partial charge >= 0.3 is 0 Å². The lowest BCUT2D eigenvalue weighted by molar-refractivity contribution is 1.03. The number of aromatic amines is 1. The molecule has 0 atom stereocenters. The molecule has 2 aromatic heterocycles. The molecule has 0 spiro atoms. The van der Waals surface area contributed by atoms with E-state index in [2.05, 4.69) is 36.1 Å². The highest BCUT2D eigenvalue weighted by Crippen LogP contribution is 2.22. The van der Waals surface area contributed by atoms with Crippen LogP contribution in [0.3, 0.4) is 0 Å². The van der Waals surface area contributed by atoms with Crippen molar-refractivity contribution in [3.05, 3.63) is 41.1 Å². The number of H-pyrrole nitrogens is 1. The zero-order valence-electron chi connectivity index (χ0n) is 8.18. The maximum atomic E-state index is 4.48. The number of benzene rings is 1. The first-order chi connectivity index (χ1) is 7.83. The van der Waals surface area contributed by atoms with E-state index in [0.29, 0.717) is 0 Å². The number of halogens is 1. The molecule has 0 fully saturated rings. The molecule has 16 heavy (non-hydrogen) atoms. The Hall–Kier alpha value is -1.75. The molecule has 0 aliphatic rings. The second-order valence-corrected chi connectivity index (χ2v) is 4.29. The molecule has 0 unspecified atom stereocenters. The molecule has 1 N–H and O–H groups in total. The first-order valence-corrected chi connectivity index (χ1v) is 5.54. The molecule has 0 amide bonds. The van der Waals surface area contributed by atoms with Gasteiger partial charge in [0.25, 0.3) is 0 Å². The van der Waals surface area contributed by atoms with Gasteiger partial charge in [-0.15, -0.1) is 0 Å². The number of aromatic nitrogens is 4. The lowest BCUT2D eigenvalue weighted by Crippen LogP contribution is -1.83. The van der Waals surface area contributed by atoms with Crippen molar-refractivity contribution >= 4 is 27.0 Å². The standard InChI is InChI=1S/C11H7BrN4/c12-8-1-2-9-10(5-8)16-11(15-9)7-3-4-13-14-6-7/h1-6H,(H,15,16). The Balaban J connectivity index is 2.19. The van der Waals surface area contributed by atoms with Crippen LogP contribution in [0.2, 0.25) is 0 Å². The lowest BCUT2D eigenvalue weighted by Gasteiger charge is -1.91. The number of hydrogen-bond donors (Lipinski definition) is 1. The van der Waals surface area contributed by atoms with Crippen LogP contribution in [-0.2, 0) is 0 Å². The quantitative estimate of drug-likeness (QED) is 0.743. The van der Waals surface area contributed by atoms with Gasteiger partial charge in [0.05, 0.1) is 23.4 Å².